The number of nitrogens with zero attached hydrogens (tertiary/aromatic N) is 1. The largest absolute Gasteiger partial charge is 0.464 e. The Hall–Kier alpha value is -2.56. The average Bonchev–Trinajstić information content (AvgIpc) is 3.03. The van der Waals surface area contributed by atoms with E-state index in [0.717, 1.165) is 18.2 Å². The van der Waals surface area contributed by atoms with Crippen molar-refractivity contribution in [1.82, 2.24) is 10.2 Å². The number of furan rings is 1. The molecule has 2 fully saturated rings. The quantitative estimate of drug-likeness (QED) is 0.885. The molecular formula is C18H18N2O3. The van der Waals surface area contributed by atoms with Crippen LogP contribution in [0.1, 0.15) is 23.2 Å². The van der Waals surface area contributed by atoms with Crippen molar-refractivity contribution in [2.45, 2.75) is 18.9 Å². The monoisotopic (exact) mass is 310 g/mol. The fraction of sp³-hybridized carbons (Fsp3) is 0.333. The van der Waals surface area contributed by atoms with Crippen LogP contribution in [0.5, 0.6) is 0 Å². The topological polar surface area (TPSA) is 62.6 Å². The zero-order valence-electron chi connectivity index (χ0n) is 12.7. The average molecular weight is 310 g/mol. The predicted molar refractivity (Wildman–Crippen MR) is 85.9 cm³/mol. The maximum atomic E-state index is 12.9. The molecule has 1 saturated carbocycles. The Morgan fingerprint density at radius 3 is 2.91 bits per heavy atom. The number of fused-ring (bicyclic) bond motifs is 1. The number of rotatable bonds is 3. The first-order valence-electron chi connectivity index (χ1n) is 7.81. The van der Waals surface area contributed by atoms with Crippen molar-refractivity contribution in [1.29, 1.82) is 0 Å². The van der Waals surface area contributed by atoms with Crippen LogP contribution in [0.4, 0.5) is 0 Å². The summed E-state index contributed by atoms with van der Waals surface area (Å²) < 4.78 is 5.37. The molecule has 2 heterocycles. The Kier molecular flexibility index (Phi) is 3.04. The summed E-state index contributed by atoms with van der Waals surface area (Å²) in [5.41, 5.74) is 1.42. The van der Waals surface area contributed by atoms with E-state index in [2.05, 4.69) is 11.9 Å². The minimum Gasteiger partial charge on any atom is -0.464 e. The van der Waals surface area contributed by atoms with Crippen molar-refractivity contribution in [3.8, 4) is 0 Å². The van der Waals surface area contributed by atoms with Crippen molar-refractivity contribution in [2.75, 3.05) is 13.1 Å². The summed E-state index contributed by atoms with van der Waals surface area (Å²) in [4.78, 5) is 26.4. The predicted octanol–water partition coefficient (Wildman–Crippen LogP) is 2.34. The summed E-state index contributed by atoms with van der Waals surface area (Å²) in [5.74, 6) is -0.175. The maximum Gasteiger partial charge on any atom is 0.254 e. The number of amides is 2. The van der Waals surface area contributed by atoms with Crippen LogP contribution in [0, 0.1) is 5.41 Å². The van der Waals surface area contributed by atoms with Crippen molar-refractivity contribution in [3.63, 3.8) is 0 Å². The minimum atomic E-state index is -0.174. The standard InChI is InChI=1S/C18H18N2O3/c1-2-16(21)19-15-10-20(11-18(15)7-8-18)17(22)13-4-3-5-14-12(13)6-9-23-14/h2-6,9,15H,1,7-8,10-11H2,(H,19,21). The molecule has 1 aromatic heterocycles. The molecule has 1 N–H and O–H groups in total. The summed E-state index contributed by atoms with van der Waals surface area (Å²) in [6, 6.07) is 7.35. The van der Waals surface area contributed by atoms with Gasteiger partial charge in [-0.15, -0.1) is 0 Å². The first kappa shape index (κ1) is 14.1. The molecule has 5 nitrogen and oxygen atoms in total. The Labute approximate surface area is 133 Å². The lowest BCUT2D eigenvalue weighted by atomic mass is 10.0. The van der Waals surface area contributed by atoms with Gasteiger partial charge >= 0.3 is 0 Å². The van der Waals surface area contributed by atoms with Gasteiger partial charge in [0.05, 0.1) is 17.9 Å². The molecule has 0 radical (unpaired) electrons. The van der Waals surface area contributed by atoms with Gasteiger partial charge in [0.2, 0.25) is 5.91 Å². The van der Waals surface area contributed by atoms with Gasteiger partial charge in [-0.1, -0.05) is 12.6 Å². The molecule has 1 aliphatic carbocycles. The summed E-state index contributed by atoms with van der Waals surface area (Å²) in [6.45, 7) is 4.74. The van der Waals surface area contributed by atoms with E-state index in [1.807, 2.05) is 29.2 Å². The van der Waals surface area contributed by atoms with Crippen molar-refractivity contribution >= 4 is 22.8 Å². The second kappa shape index (κ2) is 4.98. The van der Waals surface area contributed by atoms with Gasteiger partial charge in [0.25, 0.3) is 5.91 Å². The molecule has 1 spiro atoms. The van der Waals surface area contributed by atoms with Gasteiger partial charge in [-0.25, -0.2) is 0 Å². The minimum absolute atomic E-state index is 0.00127. The first-order chi connectivity index (χ1) is 11.1. The van der Waals surface area contributed by atoms with Gasteiger partial charge in [0.1, 0.15) is 5.58 Å². The Morgan fingerprint density at radius 1 is 1.35 bits per heavy atom. The summed E-state index contributed by atoms with van der Waals surface area (Å²) >= 11 is 0. The summed E-state index contributed by atoms with van der Waals surface area (Å²) in [6.07, 6.45) is 4.98. The highest BCUT2D eigenvalue weighted by Gasteiger charge is 2.56. The molecule has 23 heavy (non-hydrogen) atoms. The lowest BCUT2D eigenvalue weighted by Crippen LogP contribution is -2.41. The van der Waals surface area contributed by atoms with E-state index in [4.69, 9.17) is 4.42 Å². The second-order valence-electron chi connectivity index (χ2n) is 6.45. The van der Waals surface area contributed by atoms with Crippen LogP contribution in [0.3, 0.4) is 0 Å². The number of benzene rings is 1. The maximum absolute atomic E-state index is 12.9. The molecule has 118 valence electrons. The number of hydrogen-bond acceptors (Lipinski definition) is 3. The lowest BCUT2D eigenvalue weighted by molar-refractivity contribution is -0.117. The van der Waals surface area contributed by atoms with E-state index in [9.17, 15) is 9.59 Å². The molecule has 2 amide bonds. The third kappa shape index (κ3) is 2.23. The molecule has 1 aromatic carbocycles. The zero-order valence-corrected chi connectivity index (χ0v) is 12.7. The number of likely N-dealkylation sites (tertiary alicyclic amines) is 1. The third-order valence-electron chi connectivity index (χ3n) is 5.06. The molecule has 2 aromatic rings. The van der Waals surface area contributed by atoms with E-state index in [1.165, 1.54) is 6.08 Å². The van der Waals surface area contributed by atoms with E-state index in [-0.39, 0.29) is 23.3 Å². The van der Waals surface area contributed by atoms with Crippen LogP contribution in [0.25, 0.3) is 11.0 Å². The smallest absolute Gasteiger partial charge is 0.254 e. The highest BCUT2D eigenvalue weighted by atomic mass is 16.3. The van der Waals surface area contributed by atoms with Crippen LogP contribution in [0.2, 0.25) is 0 Å². The van der Waals surface area contributed by atoms with E-state index >= 15 is 0 Å². The van der Waals surface area contributed by atoms with Gasteiger partial charge in [-0.05, 0) is 37.1 Å². The SMILES string of the molecule is C=CC(=O)NC1CN(C(=O)c2cccc3occc23)CC12CC2. The van der Waals surface area contributed by atoms with Crippen molar-refractivity contribution in [3.05, 3.63) is 48.7 Å². The Bertz CT molecular complexity index is 803. The van der Waals surface area contributed by atoms with Crippen LogP contribution in [-0.2, 0) is 4.79 Å². The van der Waals surface area contributed by atoms with Gasteiger partial charge in [0.15, 0.2) is 0 Å². The van der Waals surface area contributed by atoms with E-state index in [1.54, 1.807) is 6.26 Å². The van der Waals surface area contributed by atoms with Crippen LogP contribution < -0.4 is 5.32 Å². The van der Waals surface area contributed by atoms with Gasteiger partial charge in [0, 0.05) is 23.9 Å². The highest BCUT2D eigenvalue weighted by molar-refractivity contribution is 6.06. The second-order valence-corrected chi connectivity index (χ2v) is 6.45. The van der Waals surface area contributed by atoms with Crippen LogP contribution in [0.15, 0.2) is 47.6 Å². The van der Waals surface area contributed by atoms with Crippen LogP contribution in [-0.4, -0.2) is 35.8 Å². The highest BCUT2D eigenvalue weighted by Crippen LogP contribution is 2.53. The van der Waals surface area contributed by atoms with E-state index in [0.29, 0.717) is 24.2 Å². The van der Waals surface area contributed by atoms with Gasteiger partial charge in [-0.3, -0.25) is 9.59 Å². The van der Waals surface area contributed by atoms with Crippen molar-refractivity contribution < 1.29 is 14.0 Å². The third-order valence-corrected chi connectivity index (χ3v) is 5.06. The molecule has 1 unspecified atom stereocenters. The molecule has 0 bridgehead atoms. The number of nitrogens with one attached hydrogen (secondary N) is 1. The zero-order chi connectivity index (χ0) is 16.0. The van der Waals surface area contributed by atoms with Crippen molar-refractivity contribution in [2.24, 2.45) is 5.41 Å². The van der Waals surface area contributed by atoms with E-state index < -0.39 is 0 Å². The molecule has 5 heteroatoms. The summed E-state index contributed by atoms with van der Waals surface area (Å²) in [5, 5.41) is 3.81. The molecular weight excluding hydrogens is 292 g/mol. The Morgan fingerprint density at radius 2 is 2.17 bits per heavy atom. The van der Waals surface area contributed by atoms with Crippen LogP contribution >= 0.6 is 0 Å². The fourth-order valence-corrected chi connectivity index (χ4v) is 3.57. The molecule has 1 saturated heterocycles. The molecule has 1 aliphatic heterocycles. The number of hydrogen-bond donors (Lipinski definition) is 1. The first-order valence-corrected chi connectivity index (χ1v) is 7.81. The molecule has 2 aliphatic rings. The normalized spacial score (nSPS) is 21.6. The van der Waals surface area contributed by atoms with Gasteiger partial charge in [-0.2, -0.15) is 0 Å². The Balaban J connectivity index is 1.59. The summed E-state index contributed by atoms with van der Waals surface area (Å²) in [7, 11) is 0. The van der Waals surface area contributed by atoms with Gasteiger partial charge < -0.3 is 14.6 Å². The molecule has 1 atom stereocenters. The lowest BCUT2D eigenvalue weighted by Gasteiger charge is -2.17. The molecule has 4 rings (SSSR count). The number of carbonyl (C=O) groups excluding carboxylic acids is 2. The fourth-order valence-electron chi connectivity index (χ4n) is 3.57. The number of carbonyl (C=O) groups is 2.